The van der Waals surface area contributed by atoms with Gasteiger partial charge in [-0.3, -0.25) is 4.90 Å². The number of methoxy groups -OCH3 is 1. The Morgan fingerprint density at radius 2 is 2.00 bits per heavy atom. The largest absolute Gasteiger partial charge is 0.497 e. The highest BCUT2D eigenvalue weighted by molar-refractivity contribution is 5.51. The van der Waals surface area contributed by atoms with Crippen molar-refractivity contribution in [2.45, 2.75) is 18.4 Å². The van der Waals surface area contributed by atoms with Gasteiger partial charge in [-0.15, -0.1) is 0 Å². The van der Waals surface area contributed by atoms with Gasteiger partial charge < -0.3 is 10.1 Å². The molecule has 19 heavy (non-hydrogen) atoms. The monoisotopic (exact) mass is 257 g/mol. The van der Waals surface area contributed by atoms with Crippen LogP contribution in [0, 0.1) is 17.2 Å². The number of piperidine rings is 3. The number of ether oxygens (including phenoxy) is 1. The van der Waals surface area contributed by atoms with E-state index in [-0.39, 0.29) is 0 Å². The molecule has 0 aliphatic carbocycles. The normalized spacial score (nSPS) is 32.6. The number of nitriles is 1. The molecule has 4 rings (SSSR count). The molecule has 3 fully saturated rings. The van der Waals surface area contributed by atoms with Crippen molar-refractivity contribution in [3.8, 4) is 11.8 Å². The summed E-state index contributed by atoms with van der Waals surface area (Å²) in [6.07, 6.45) is 2.24. The number of nitrogens with one attached hydrogen (secondary N) is 1. The highest BCUT2D eigenvalue weighted by atomic mass is 16.5. The Bertz CT molecular complexity index is 485. The fourth-order valence-corrected chi connectivity index (χ4v) is 3.29. The van der Waals surface area contributed by atoms with Crippen LogP contribution in [0.2, 0.25) is 0 Å². The van der Waals surface area contributed by atoms with Crippen molar-refractivity contribution in [2.24, 2.45) is 5.92 Å². The predicted molar refractivity (Wildman–Crippen MR) is 74.1 cm³/mol. The van der Waals surface area contributed by atoms with E-state index in [0.29, 0.717) is 5.92 Å². The standard InChI is InChI=1S/C15H19N3O/c1-19-14-4-2-13(3-5-14)17-15(10-16)11-18-8-6-12(15)7-9-18/h2-5,12,17H,6-9,11H2,1H3. The lowest BCUT2D eigenvalue weighted by Gasteiger charge is -2.50. The van der Waals surface area contributed by atoms with Crippen LogP contribution in [0.5, 0.6) is 5.75 Å². The van der Waals surface area contributed by atoms with Gasteiger partial charge in [0, 0.05) is 12.2 Å². The first-order valence-electron chi connectivity index (χ1n) is 6.81. The molecule has 1 N–H and O–H groups in total. The predicted octanol–water partition coefficient (Wildman–Crippen LogP) is 2.10. The summed E-state index contributed by atoms with van der Waals surface area (Å²) in [5.74, 6) is 1.30. The molecule has 3 heterocycles. The van der Waals surface area contributed by atoms with Crippen molar-refractivity contribution in [3.05, 3.63) is 24.3 Å². The van der Waals surface area contributed by atoms with Gasteiger partial charge in [-0.05, 0) is 56.1 Å². The van der Waals surface area contributed by atoms with Crippen molar-refractivity contribution in [2.75, 3.05) is 32.1 Å². The molecule has 0 spiro atoms. The van der Waals surface area contributed by atoms with Gasteiger partial charge in [0.1, 0.15) is 11.3 Å². The first-order chi connectivity index (χ1) is 9.25. The second kappa shape index (κ2) is 4.75. The molecule has 0 saturated carbocycles. The van der Waals surface area contributed by atoms with Gasteiger partial charge >= 0.3 is 0 Å². The fraction of sp³-hybridized carbons (Fsp3) is 0.533. The first kappa shape index (κ1) is 12.3. The molecule has 2 bridgehead atoms. The number of hydrogen-bond acceptors (Lipinski definition) is 4. The Morgan fingerprint density at radius 1 is 1.32 bits per heavy atom. The average molecular weight is 257 g/mol. The molecule has 3 saturated heterocycles. The van der Waals surface area contributed by atoms with Gasteiger partial charge in [0.2, 0.25) is 0 Å². The molecule has 1 aromatic carbocycles. The lowest BCUT2D eigenvalue weighted by molar-refractivity contribution is 0.0675. The van der Waals surface area contributed by atoms with Crippen LogP contribution < -0.4 is 10.1 Å². The van der Waals surface area contributed by atoms with Crippen LogP contribution in [0.4, 0.5) is 5.69 Å². The van der Waals surface area contributed by atoms with E-state index in [1.807, 2.05) is 24.3 Å². The van der Waals surface area contributed by atoms with E-state index >= 15 is 0 Å². The highest BCUT2D eigenvalue weighted by Gasteiger charge is 2.47. The number of fused-ring (bicyclic) bond motifs is 3. The maximum Gasteiger partial charge on any atom is 0.141 e. The lowest BCUT2D eigenvalue weighted by Crippen LogP contribution is -2.62. The third-order valence-electron chi connectivity index (χ3n) is 4.41. The fourth-order valence-electron chi connectivity index (χ4n) is 3.29. The van der Waals surface area contributed by atoms with E-state index in [2.05, 4.69) is 16.3 Å². The number of nitrogens with zero attached hydrogens (tertiary/aromatic N) is 2. The Morgan fingerprint density at radius 3 is 2.47 bits per heavy atom. The number of benzene rings is 1. The van der Waals surface area contributed by atoms with Crippen molar-refractivity contribution in [1.82, 2.24) is 4.90 Å². The van der Waals surface area contributed by atoms with Crippen LogP contribution in [0.3, 0.4) is 0 Å². The zero-order chi connectivity index (χ0) is 13.3. The van der Waals surface area contributed by atoms with E-state index in [0.717, 1.165) is 43.9 Å². The Labute approximate surface area is 114 Å². The summed E-state index contributed by atoms with van der Waals surface area (Å²) in [6.45, 7) is 3.11. The second-order valence-corrected chi connectivity index (χ2v) is 5.49. The van der Waals surface area contributed by atoms with E-state index in [1.54, 1.807) is 7.11 Å². The van der Waals surface area contributed by atoms with Gasteiger partial charge in [0.05, 0.1) is 13.2 Å². The molecular formula is C15H19N3O. The summed E-state index contributed by atoms with van der Waals surface area (Å²) in [7, 11) is 1.66. The van der Waals surface area contributed by atoms with E-state index in [1.165, 1.54) is 0 Å². The van der Waals surface area contributed by atoms with Crippen LogP contribution in [0.15, 0.2) is 24.3 Å². The Hall–Kier alpha value is -1.73. The molecule has 100 valence electrons. The molecule has 1 atom stereocenters. The van der Waals surface area contributed by atoms with Gasteiger partial charge in [0.25, 0.3) is 0 Å². The van der Waals surface area contributed by atoms with Crippen molar-refractivity contribution in [3.63, 3.8) is 0 Å². The third kappa shape index (κ3) is 2.15. The Kier molecular flexibility index (Phi) is 3.08. The lowest BCUT2D eigenvalue weighted by atomic mass is 9.73. The first-order valence-corrected chi connectivity index (χ1v) is 6.81. The van der Waals surface area contributed by atoms with Crippen LogP contribution in [-0.4, -0.2) is 37.2 Å². The maximum atomic E-state index is 9.66. The zero-order valence-electron chi connectivity index (χ0n) is 11.2. The van der Waals surface area contributed by atoms with Crippen LogP contribution in [-0.2, 0) is 0 Å². The summed E-state index contributed by atoms with van der Waals surface area (Å²) in [4.78, 5) is 2.39. The summed E-state index contributed by atoms with van der Waals surface area (Å²) in [5, 5.41) is 13.1. The number of rotatable bonds is 3. The smallest absolute Gasteiger partial charge is 0.141 e. The quantitative estimate of drug-likeness (QED) is 0.901. The van der Waals surface area contributed by atoms with Crippen LogP contribution in [0.1, 0.15) is 12.8 Å². The van der Waals surface area contributed by atoms with Crippen molar-refractivity contribution in [1.29, 1.82) is 5.26 Å². The van der Waals surface area contributed by atoms with Crippen molar-refractivity contribution < 1.29 is 4.74 Å². The minimum Gasteiger partial charge on any atom is -0.497 e. The minimum atomic E-state index is -0.426. The number of hydrogen-bond donors (Lipinski definition) is 1. The maximum absolute atomic E-state index is 9.66. The molecule has 0 radical (unpaired) electrons. The summed E-state index contributed by atoms with van der Waals surface area (Å²) in [6, 6.07) is 10.4. The molecular weight excluding hydrogens is 238 g/mol. The molecule has 0 amide bonds. The van der Waals surface area contributed by atoms with Gasteiger partial charge in [-0.2, -0.15) is 5.26 Å². The van der Waals surface area contributed by atoms with E-state index in [4.69, 9.17) is 4.74 Å². The van der Waals surface area contributed by atoms with Gasteiger partial charge in [0.15, 0.2) is 0 Å². The van der Waals surface area contributed by atoms with E-state index in [9.17, 15) is 5.26 Å². The summed E-state index contributed by atoms with van der Waals surface area (Å²) < 4.78 is 5.16. The minimum absolute atomic E-state index is 0.426. The molecule has 4 nitrogen and oxygen atoms in total. The number of anilines is 1. The molecule has 1 unspecified atom stereocenters. The topological polar surface area (TPSA) is 48.3 Å². The Balaban J connectivity index is 1.81. The molecule has 3 aliphatic heterocycles. The SMILES string of the molecule is COc1ccc(NC2(C#N)CN3CCC2CC3)cc1. The molecule has 4 heteroatoms. The molecule has 1 aromatic rings. The average Bonchev–Trinajstić information content (AvgIpc) is 2.49. The van der Waals surface area contributed by atoms with Gasteiger partial charge in [-0.1, -0.05) is 0 Å². The van der Waals surface area contributed by atoms with Gasteiger partial charge in [-0.25, -0.2) is 0 Å². The second-order valence-electron chi connectivity index (χ2n) is 5.49. The van der Waals surface area contributed by atoms with Crippen LogP contribution in [0.25, 0.3) is 0 Å². The third-order valence-corrected chi connectivity index (χ3v) is 4.41. The van der Waals surface area contributed by atoms with Crippen molar-refractivity contribution >= 4 is 5.69 Å². The van der Waals surface area contributed by atoms with Crippen LogP contribution >= 0.6 is 0 Å². The highest BCUT2D eigenvalue weighted by Crippen LogP contribution is 2.37. The molecule has 3 aliphatic rings. The zero-order valence-corrected chi connectivity index (χ0v) is 11.2. The molecule has 0 aromatic heterocycles. The summed E-state index contributed by atoms with van der Waals surface area (Å²) in [5.41, 5.74) is 0.571. The summed E-state index contributed by atoms with van der Waals surface area (Å²) >= 11 is 0. The van der Waals surface area contributed by atoms with E-state index < -0.39 is 5.54 Å².